The summed E-state index contributed by atoms with van der Waals surface area (Å²) in [6.45, 7) is 3.11. The maximum absolute atomic E-state index is 13.3. The molecule has 4 rings (SSSR count). The number of halogens is 2. The van der Waals surface area contributed by atoms with Crippen LogP contribution in [0.3, 0.4) is 0 Å². The zero-order valence-corrected chi connectivity index (χ0v) is 15.3. The number of piperidine rings is 1. The second-order valence-corrected chi connectivity index (χ2v) is 7.08. The Balaban J connectivity index is 1.27. The van der Waals surface area contributed by atoms with Crippen molar-refractivity contribution in [1.82, 2.24) is 24.8 Å². The van der Waals surface area contributed by atoms with Gasteiger partial charge in [0, 0.05) is 37.1 Å². The molecule has 0 spiro atoms. The van der Waals surface area contributed by atoms with Gasteiger partial charge in [-0.25, -0.2) is 18.3 Å². The highest BCUT2D eigenvalue weighted by Gasteiger charge is 2.19. The van der Waals surface area contributed by atoms with Crippen molar-refractivity contribution in [2.24, 2.45) is 0 Å². The summed E-state index contributed by atoms with van der Waals surface area (Å²) in [6, 6.07) is 6.56. The van der Waals surface area contributed by atoms with E-state index in [4.69, 9.17) is 5.26 Å². The molecule has 0 radical (unpaired) electrons. The minimum atomic E-state index is -0.807. The van der Waals surface area contributed by atoms with E-state index < -0.39 is 11.6 Å². The van der Waals surface area contributed by atoms with Gasteiger partial charge in [0.25, 0.3) is 0 Å². The van der Waals surface area contributed by atoms with E-state index in [2.05, 4.69) is 26.4 Å². The summed E-state index contributed by atoms with van der Waals surface area (Å²) in [6.07, 6.45) is 7.14. The van der Waals surface area contributed by atoms with Crippen LogP contribution in [-0.2, 0) is 13.1 Å². The summed E-state index contributed by atoms with van der Waals surface area (Å²) in [5.74, 6) is -1.60. The number of hydrogen-bond donors (Lipinski definition) is 1. The summed E-state index contributed by atoms with van der Waals surface area (Å²) >= 11 is 0. The molecule has 8 heteroatoms. The van der Waals surface area contributed by atoms with Crippen LogP contribution in [0, 0.1) is 23.0 Å². The van der Waals surface area contributed by atoms with Gasteiger partial charge in [0.2, 0.25) is 0 Å². The van der Waals surface area contributed by atoms with Crippen molar-refractivity contribution in [1.29, 1.82) is 5.26 Å². The zero-order chi connectivity index (χ0) is 19.5. The predicted molar refractivity (Wildman–Crippen MR) is 99.2 cm³/mol. The standard InChI is InChI=1S/C20H20F2N6/c21-18-2-1-14(7-19(18)22)12-27-5-3-17(4-6-27)24-9-15-10-25-20-16(8-23)11-26-28(20)13-15/h1-2,7,10-11,13,17,24H,3-6,9,12H2. The van der Waals surface area contributed by atoms with Crippen LogP contribution in [0.25, 0.3) is 5.65 Å². The second kappa shape index (κ2) is 8.00. The van der Waals surface area contributed by atoms with Crippen LogP contribution in [0.4, 0.5) is 8.78 Å². The predicted octanol–water partition coefficient (Wildman–Crippen LogP) is 2.63. The average Bonchev–Trinajstić information content (AvgIpc) is 3.12. The number of nitrogens with zero attached hydrogens (tertiary/aromatic N) is 5. The van der Waals surface area contributed by atoms with Gasteiger partial charge >= 0.3 is 0 Å². The van der Waals surface area contributed by atoms with Crippen molar-refractivity contribution in [3.63, 3.8) is 0 Å². The van der Waals surface area contributed by atoms with Gasteiger partial charge in [-0.15, -0.1) is 0 Å². The Morgan fingerprint density at radius 3 is 2.71 bits per heavy atom. The molecule has 3 heterocycles. The monoisotopic (exact) mass is 382 g/mol. The summed E-state index contributed by atoms with van der Waals surface area (Å²) in [5.41, 5.74) is 2.83. The van der Waals surface area contributed by atoms with Crippen LogP contribution in [0.2, 0.25) is 0 Å². The third kappa shape index (κ3) is 4.01. The number of benzene rings is 1. The van der Waals surface area contributed by atoms with E-state index in [1.165, 1.54) is 18.3 Å². The van der Waals surface area contributed by atoms with E-state index in [0.717, 1.165) is 37.1 Å². The second-order valence-electron chi connectivity index (χ2n) is 7.08. The van der Waals surface area contributed by atoms with E-state index in [9.17, 15) is 8.78 Å². The first-order chi connectivity index (χ1) is 13.6. The van der Waals surface area contributed by atoms with E-state index in [0.29, 0.717) is 30.3 Å². The van der Waals surface area contributed by atoms with Crippen LogP contribution >= 0.6 is 0 Å². The van der Waals surface area contributed by atoms with E-state index in [1.807, 2.05) is 6.20 Å². The molecule has 1 aliphatic rings. The fourth-order valence-electron chi connectivity index (χ4n) is 3.54. The molecule has 1 aromatic carbocycles. The van der Waals surface area contributed by atoms with Crippen LogP contribution in [-0.4, -0.2) is 38.6 Å². The summed E-state index contributed by atoms with van der Waals surface area (Å²) in [4.78, 5) is 6.58. The van der Waals surface area contributed by atoms with Crippen molar-refractivity contribution in [2.45, 2.75) is 32.0 Å². The molecule has 3 aromatic rings. The van der Waals surface area contributed by atoms with Gasteiger partial charge in [-0.2, -0.15) is 10.4 Å². The van der Waals surface area contributed by atoms with Gasteiger partial charge in [-0.05, 0) is 43.6 Å². The van der Waals surface area contributed by atoms with Crippen molar-refractivity contribution >= 4 is 5.65 Å². The van der Waals surface area contributed by atoms with Crippen LogP contribution in [0.15, 0.2) is 36.8 Å². The van der Waals surface area contributed by atoms with Crippen LogP contribution in [0.5, 0.6) is 0 Å². The molecule has 0 amide bonds. The molecule has 1 saturated heterocycles. The Morgan fingerprint density at radius 2 is 1.96 bits per heavy atom. The molecule has 28 heavy (non-hydrogen) atoms. The maximum atomic E-state index is 13.3. The molecule has 1 aliphatic heterocycles. The summed E-state index contributed by atoms with van der Waals surface area (Å²) in [7, 11) is 0. The molecule has 0 bridgehead atoms. The smallest absolute Gasteiger partial charge is 0.172 e. The normalized spacial score (nSPS) is 15.8. The first-order valence-corrected chi connectivity index (χ1v) is 9.24. The first kappa shape index (κ1) is 18.5. The molecule has 1 fully saturated rings. The van der Waals surface area contributed by atoms with Gasteiger partial charge in [0.15, 0.2) is 17.3 Å². The number of fused-ring (bicyclic) bond motifs is 1. The Kier molecular flexibility index (Phi) is 5.28. The number of aromatic nitrogens is 3. The fraction of sp³-hybridized carbons (Fsp3) is 0.350. The number of nitrogens with one attached hydrogen (secondary N) is 1. The van der Waals surface area contributed by atoms with Gasteiger partial charge < -0.3 is 5.32 Å². The van der Waals surface area contributed by atoms with Gasteiger partial charge in [-0.3, -0.25) is 4.90 Å². The third-order valence-electron chi connectivity index (χ3n) is 5.10. The van der Waals surface area contributed by atoms with Gasteiger partial charge in [-0.1, -0.05) is 6.07 Å². The fourth-order valence-corrected chi connectivity index (χ4v) is 3.54. The highest BCUT2D eigenvalue weighted by Crippen LogP contribution is 2.16. The zero-order valence-electron chi connectivity index (χ0n) is 15.3. The Hall–Kier alpha value is -2.89. The van der Waals surface area contributed by atoms with Crippen LogP contribution < -0.4 is 5.32 Å². The molecule has 1 N–H and O–H groups in total. The quantitative estimate of drug-likeness (QED) is 0.735. The summed E-state index contributed by atoms with van der Waals surface area (Å²) in [5, 5.41) is 16.7. The van der Waals surface area contributed by atoms with Gasteiger partial charge in [0.1, 0.15) is 11.6 Å². The lowest BCUT2D eigenvalue weighted by Gasteiger charge is -2.32. The number of rotatable bonds is 5. The van der Waals surface area contributed by atoms with Crippen molar-refractivity contribution in [3.05, 3.63) is 65.1 Å². The molecule has 144 valence electrons. The molecule has 2 aromatic heterocycles. The third-order valence-corrected chi connectivity index (χ3v) is 5.10. The molecule has 0 saturated carbocycles. The lowest BCUT2D eigenvalue weighted by Crippen LogP contribution is -2.41. The SMILES string of the molecule is N#Cc1cnn2cc(CNC3CCN(Cc4ccc(F)c(F)c4)CC3)cnc12. The lowest BCUT2D eigenvalue weighted by molar-refractivity contribution is 0.190. The first-order valence-electron chi connectivity index (χ1n) is 9.24. The van der Waals surface area contributed by atoms with Crippen molar-refractivity contribution in [3.8, 4) is 6.07 Å². The van der Waals surface area contributed by atoms with Gasteiger partial charge in [0.05, 0.1) is 6.20 Å². The highest BCUT2D eigenvalue weighted by atomic mass is 19.2. The van der Waals surface area contributed by atoms with E-state index in [1.54, 1.807) is 16.8 Å². The highest BCUT2D eigenvalue weighted by molar-refractivity contribution is 5.53. The topological polar surface area (TPSA) is 69.2 Å². The minimum Gasteiger partial charge on any atom is -0.310 e. The Labute approximate surface area is 161 Å². The largest absolute Gasteiger partial charge is 0.310 e. The van der Waals surface area contributed by atoms with Crippen molar-refractivity contribution < 1.29 is 8.78 Å². The average molecular weight is 382 g/mol. The Bertz CT molecular complexity index is 1020. The molecule has 0 aliphatic carbocycles. The summed E-state index contributed by atoms with van der Waals surface area (Å²) < 4.78 is 28.0. The van der Waals surface area contributed by atoms with Crippen molar-refractivity contribution in [2.75, 3.05) is 13.1 Å². The molecular weight excluding hydrogens is 362 g/mol. The van der Waals surface area contributed by atoms with E-state index in [-0.39, 0.29) is 0 Å². The maximum Gasteiger partial charge on any atom is 0.172 e. The minimum absolute atomic E-state index is 0.393. The molecular formula is C20H20F2N6. The number of likely N-dealkylation sites (tertiary alicyclic amines) is 1. The molecule has 0 atom stereocenters. The Morgan fingerprint density at radius 1 is 1.14 bits per heavy atom. The lowest BCUT2D eigenvalue weighted by atomic mass is 10.0. The molecule has 6 nitrogen and oxygen atoms in total. The number of nitriles is 1. The molecule has 0 unspecified atom stereocenters. The van der Waals surface area contributed by atoms with Crippen LogP contribution in [0.1, 0.15) is 29.5 Å². The number of hydrogen-bond acceptors (Lipinski definition) is 5. The van der Waals surface area contributed by atoms with E-state index >= 15 is 0 Å².